The molecule has 0 aliphatic carbocycles. The highest BCUT2D eigenvalue weighted by molar-refractivity contribution is 7.89. The summed E-state index contributed by atoms with van der Waals surface area (Å²) in [5, 5.41) is 0. The number of sulfonamides is 1. The van der Waals surface area contributed by atoms with Crippen LogP contribution in [-0.2, 0) is 26.7 Å². The summed E-state index contributed by atoms with van der Waals surface area (Å²) in [7, 11) is -2.27. The van der Waals surface area contributed by atoms with E-state index in [1.165, 1.54) is 21.0 Å². The third-order valence-corrected chi connectivity index (χ3v) is 8.39. The predicted molar refractivity (Wildman–Crippen MR) is 124 cm³/mol. The molecule has 0 spiro atoms. The van der Waals surface area contributed by atoms with Crippen LogP contribution in [-0.4, -0.2) is 66.7 Å². The van der Waals surface area contributed by atoms with E-state index in [1.54, 1.807) is 22.9 Å². The molecule has 2 aromatic carbocycles. The Bertz CT molecular complexity index is 1420. The quantitative estimate of drug-likeness (QED) is 0.546. The lowest BCUT2D eigenvalue weighted by Gasteiger charge is -2.35. The molecule has 0 unspecified atom stereocenters. The fourth-order valence-corrected chi connectivity index (χ4v) is 6.00. The zero-order valence-electron chi connectivity index (χ0n) is 18.6. The van der Waals surface area contributed by atoms with Crippen molar-refractivity contribution in [1.82, 2.24) is 13.8 Å². The van der Waals surface area contributed by atoms with Crippen LogP contribution in [0.3, 0.4) is 0 Å². The van der Waals surface area contributed by atoms with Crippen molar-refractivity contribution in [3.05, 3.63) is 59.1 Å². The molecule has 11 heteroatoms. The van der Waals surface area contributed by atoms with E-state index in [2.05, 4.69) is 0 Å². The average molecular weight is 485 g/mol. The molecule has 178 valence electrons. The Labute approximate surface area is 196 Å². The van der Waals surface area contributed by atoms with Crippen molar-refractivity contribution in [2.45, 2.75) is 11.3 Å². The summed E-state index contributed by atoms with van der Waals surface area (Å²) in [6, 6.07) is 13.6. The van der Waals surface area contributed by atoms with Crippen LogP contribution in [0.1, 0.15) is 6.42 Å². The molecule has 3 aromatic rings. The number of oxazole rings is 1. The number of amides is 2. The normalized spacial score (nSPS) is 19.8. The lowest BCUT2D eigenvalue weighted by molar-refractivity contribution is -0.136. The Hall–Kier alpha value is -3.44. The molecule has 0 N–H and O–H groups in total. The molecule has 2 amide bonds. The number of fused-ring (bicyclic) bond motifs is 1. The molecule has 2 aliphatic heterocycles. The number of aromatic nitrogens is 1. The molecule has 0 saturated carbocycles. The fourth-order valence-electron chi connectivity index (χ4n) is 4.56. The molecular weight excluding hydrogens is 460 g/mol. The van der Waals surface area contributed by atoms with E-state index in [0.717, 1.165) is 5.69 Å². The minimum atomic E-state index is -3.82. The van der Waals surface area contributed by atoms with E-state index >= 15 is 0 Å². The standard InChI is InChI=1S/C23H24N4O6S/c1-24-19-8-7-18(14-20(19)33-23(24)30)34(31,32)26-11-9-25(10-12-26)22(29)16-13-21(28)27(15-16)17-5-3-2-4-6-17/h2-8,14,16H,9-13,15H2,1H3/t16-/m1/s1. The number of hydrogen-bond donors (Lipinski definition) is 0. The van der Waals surface area contributed by atoms with Crippen LogP contribution in [0.4, 0.5) is 5.69 Å². The van der Waals surface area contributed by atoms with Crippen molar-refractivity contribution in [2.75, 3.05) is 37.6 Å². The molecule has 0 bridgehead atoms. The first-order chi connectivity index (χ1) is 16.3. The van der Waals surface area contributed by atoms with Gasteiger partial charge in [-0.1, -0.05) is 18.2 Å². The summed E-state index contributed by atoms with van der Waals surface area (Å²) < 4.78 is 34.0. The highest BCUT2D eigenvalue weighted by atomic mass is 32.2. The van der Waals surface area contributed by atoms with Crippen molar-refractivity contribution in [3.8, 4) is 0 Å². The first-order valence-corrected chi connectivity index (χ1v) is 12.4. The van der Waals surface area contributed by atoms with Crippen molar-refractivity contribution in [2.24, 2.45) is 13.0 Å². The number of rotatable bonds is 4. The van der Waals surface area contributed by atoms with Gasteiger partial charge in [-0.2, -0.15) is 4.31 Å². The Balaban J connectivity index is 1.25. The van der Waals surface area contributed by atoms with E-state index < -0.39 is 21.7 Å². The third kappa shape index (κ3) is 3.80. The minimum Gasteiger partial charge on any atom is -0.408 e. The maximum atomic E-state index is 13.1. The second kappa shape index (κ2) is 8.41. The Kier molecular flexibility index (Phi) is 5.53. The number of nitrogens with zero attached hydrogens (tertiary/aromatic N) is 4. The molecule has 2 fully saturated rings. The highest BCUT2D eigenvalue weighted by Crippen LogP contribution is 2.27. The molecule has 2 aliphatic rings. The van der Waals surface area contributed by atoms with Gasteiger partial charge >= 0.3 is 5.76 Å². The summed E-state index contributed by atoms with van der Waals surface area (Å²) >= 11 is 0. The summed E-state index contributed by atoms with van der Waals surface area (Å²) in [4.78, 5) is 40.5. The summed E-state index contributed by atoms with van der Waals surface area (Å²) in [6.07, 6.45) is 0.147. The number of carbonyl (C=O) groups is 2. The van der Waals surface area contributed by atoms with Crippen molar-refractivity contribution in [3.63, 3.8) is 0 Å². The molecule has 34 heavy (non-hydrogen) atoms. The van der Waals surface area contributed by atoms with Crippen LogP contribution in [0.2, 0.25) is 0 Å². The number of carbonyl (C=O) groups excluding carboxylic acids is 2. The highest BCUT2D eigenvalue weighted by Gasteiger charge is 2.39. The van der Waals surface area contributed by atoms with Gasteiger partial charge in [0.05, 0.1) is 16.3 Å². The van der Waals surface area contributed by atoms with Gasteiger partial charge in [-0.25, -0.2) is 13.2 Å². The monoisotopic (exact) mass is 484 g/mol. The number of hydrogen-bond acceptors (Lipinski definition) is 6. The molecule has 1 aromatic heterocycles. The third-order valence-electron chi connectivity index (χ3n) is 6.49. The smallest absolute Gasteiger partial charge is 0.408 e. The summed E-state index contributed by atoms with van der Waals surface area (Å²) in [5.41, 5.74) is 1.48. The Morgan fingerprint density at radius 2 is 1.71 bits per heavy atom. The maximum absolute atomic E-state index is 13.1. The van der Waals surface area contributed by atoms with Crippen LogP contribution in [0.5, 0.6) is 0 Å². The lowest BCUT2D eigenvalue weighted by atomic mass is 10.1. The molecule has 3 heterocycles. The average Bonchev–Trinajstić information content (AvgIpc) is 3.38. The van der Waals surface area contributed by atoms with Crippen LogP contribution in [0.25, 0.3) is 11.1 Å². The van der Waals surface area contributed by atoms with Crippen LogP contribution in [0.15, 0.2) is 62.6 Å². The van der Waals surface area contributed by atoms with Crippen LogP contribution >= 0.6 is 0 Å². The van der Waals surface area contributed by atoms with Crippen LogP contribution < -0.4 is 10.7 Å². The van der Waals surface area contributed by atoms with E-state index in [4.69, 9.17) is 4.42 Å². The maximum Gasteiger partial charge on any atom is 0.419 e. The first kappa shape index (κ1) is 22.4. The molecule has 5 rings (SSSR count). The van der Waals surface area contributed by atoms with Crippen molar-refractivity contribution < 1.29 is 22.4 Å². The van der Waals surface area contributed by atoms with Crippen molar-refractivity contribution >= 4 is 38.6 Å². The van der Waals surface area contributed by atoms with E-state index in [1.807, 2.05) is 30.3 Å². The SMILES string of the molecule is Cn1c(=O)oc2cc(S(=O)(=O)N3CCN(C(=O)[C@@H]4CC(=O)N(c5ccccc5)C4)CC3)ccc21. The molecule has 1 atom stereocenters. The van der Waals surface area contributed by atoms with Gasteiger partial charge in [0.2, 0.25) is 21.8 Å². The van der Waals surface area contributed by atoms with Gasteiger partial charge in [-0.05, 0) is 24.3 Å². The second-order valence-corrected chi connectivity index (χ2v) is 10.5. The van der Waals surface area contributed by atoms with Gasteiger partial charge in [-0.3, -0.25) is 14.2 Å². The molecular formula is C23H24N4O6S. The topological polar surface area (TPSA) is 113 Å². The van der Waals surface area contributed by atoms with E-state index in [9.17, 15) is 22.8 Å². The largest absolute Gasteiger partial charge is 0.419 e. The minimum absolute atomic E-state index is 0.0361. The van der Waals surface area contributed by atoms with Gasteiger partial charge in [0.25, 0.3) is 0 Å². The van der Waals surface area contributed by atoms with Gasteiger partial charge in [0, 0.05) is 57.9 Å². The second-order valence-electron chi connectivity index (χ2n) is 8.53. The number of para-hydroxylation sites is 1. The van der Waals surface area contributed by atoms with Gasteiger partial charge < -0.3 is 14.2 Å². The molecule has 2 saturated heterocycles. The Morgan fingerprint density at radius 3 is 2.41 bits per heavy atom. The number of piperazine rings is 1. The van der Waals surface area contributed by atoms with Gasteiger partial charge in [0.15, 0.2) is 5.58 Å². The fraction of sp³-hybridized carbons (Fsp3) is 0.348. The number of aryl methyl sites for hydroxylation is 1. The van der Waals surface area contributed by atoms with Crippen LogP contribution in [0, 0.1) is 5.92 Å². The van der Waals surface area contributed by atoms with Crippen molar-refractivity contribution in [1.29, 1.82) is 0 Å². The summed E-state index contributed by atoms with van der Waals surface area (Å²) in [5.74, 6) is -1.22. The predicted octanol–water partition coefficient (Wildman–Crippen LogP) is 1.02. The lowest BCUT2D eigenvalue weighted by Crippen LogP contribution is -2.52. The zero-order valence-corrected chi connectivity index (χ0v) is 19.4. The summed E-state index contributed by atoms with van der Waals surface area (Å²) in [6.45, 7) is 1.11. The number of anilines is 1. The van der Waals surface area contributed by atoms with Gasteiger partial charge in [0.1, 0.15) is 0 Å². The Morgan fingerprint density at radius 1 is 1.00 bits per heavy atom. The first-order valence-electron chi connectivity index (χ1n) is 11.0. The zero-order chi connectivity index (χ0) is 24.0. The van der Waals surface area contributed by atoms with E-state index in [0.29, 0.717) is 12.1 Å². The van der Waals surface area contributed by atoms with E-state index in [-0.39, 0.29) is 54.9 Å². The number of benzene rings is 2. The molecule has 0 radical (unpaired) electrons. The molecule has 10 nitrogen and oxygen atoms in total. The van der Waals surface area contributed by atoms with Gasteiger partial charge in [-0.15, -0.1) is 0 Å².